The molecule has 0 amide bonds. The summed E-state index contributed by atoms with van der Waals surface area (Å²) >= 11 is 0. The summed E-state index contributed by atoms with van der Waals surface area (Å²) in [4.78, 5) is 26.8. The Kier molecular flexibility index (Phi) is 7.81. The van der Waals surface area contributed by atoms with Gasteiger partial charge < -0.3 is 14.9 Å². The molecule has 0 fully saturated rings. The second kappa shape index (κ2) is 10.1. The number of carbonyl (C=O) groups is 2. The molecule has 0 spiro atoms. The number of aromatic hydroxyl groups is 1. The van der Waals surface area contributed by atoms with Crippen molar-refractivity contribution in [2.75, 3.05) is 7.11 Å². The van der Waals surface area contributed by atoms with E-state index in [0.29, 0.717) is 0 Å². The SMILES string of the molecule is COC1=CC(=O)C(CC=C(C)C)(CC=C(C)C)C(=O)/C1=C(O)\C=C\c1ccc(O)cc1. The number of aliphatic hydroxyl groups is 1. The maximum Gasteiger partial charge on any atom is 0.184 e. The Morgan fingerprint density at radius 2 is 1.55 bits per heavy atom. The van der Waals surface area contributed by atoms with Crippen molar-refractivity contribution < 1.29 is 24.5 Å². The molecule has 0 unspecified atom stereocenters. The third-order valence-corrected chi connectivity index (χ3v) is 5.16. The van der Waals surface area contributed by atoms with Gasteiger partial charge in [-0.05, 0) is 64.3 Å². The molecule has 0 bridgehead atoms. The van der Waals surface area contributed by atoms with Crippen molar-refractivity contribution in [1.29, 1.82) is 0 Å². The number of ketones is 2. The highest BCUT2D eigenvalue weighted by Gasteiger charge is 2.49. The molecule has 0 heterocycles. The van der Waals surface area contributed by atoms with Crippen LogP contribution in [-0.4, -0.2) is 28.9 Å². The second-order valence-electron chi connectivity index (χ2n) is 8.14. The van der Waals surface area contributed by atoms with E-state index in [1.54, 1.807) is 18.2 Å². The Morgan fingerprint density at radius 3 is 2.03 bits per heavy atom. The lowest BCUT2D eigenvalue weighted by atomic mass is 9.67. The molecule has 0 saturated carbocycles. The standard InChI is InChI=1S/C26H30O5/c1-17(2)12-14-26(15-13-18(3)4)23(29)16-22(31-5)24(25(26)30)21(28)11-8-19-6-9-20(27)10-7-19/h6-13,16,27-28H,14-15H2,1-5H3/b11-8+,24-21+. The van der Waals surface area contributed by atoms with Crippen LogP contribution >= 0.6 is 0 Å². The molecule has 0 aromatic heterocycles. The molecule has 2 N–H and O–H groups in total. The predicted octanol–water partition coefficient (Wildman–Crippen LogP) is 5.60. The fraction of sp³-hybridized carbons (Fsp3) is 0.308. The number of hydrogen-bond donors (Lipinski definition) is 2. The van der Waals surface area contributed by atoms with Crippen LogP contribution in [0.25, 0.3) is 6.08 Å². The normalized spacial score (nSPS) is 17.3. The molecular weight excluding hydrogens is 392 g/mol. The van der Waals surface area contributed by atoms with Gasteiger partial charge in [-0.25, -0.2) is 0 Å². The topological polar surface area (TPSA) is 83.8 Å². The van der Waals surface area contributed by atoms with Gasteiger partial charge in [0.15, 0.2) is 11.6 Å². The van der Waals surface area contributed by atoms with E-state index in [0.717, 1.165) is 16.7 Å². The first-order chi connectivity index (χ1) is 14.6. The van der Waals surface area contributed by atoms with Gasteiger partial charge in [0.2, 0.25) is 0 Å². The largest absolute Gasteiger partial charge is 0.508 e. The lowest BCUT2D eigenvalue weighted by Gasteiger charge is -2.33. The third kappa shape index (κ3) is 5.63. The van der Waals surface area contributed by atoms with Gasteiger partial charge in [0.1, 0.15) is 28.3 Å². The highest BCUT2D eigenvalue weighted by Crippen LogP contribution is 2.41. The van der Waals surface area contributed by atoms with E-state index in [2.05, 4.69) is 0 Å². The molecular formula is C26H30O5. The van der Waals surface area contributed by atoms with Crippen molar-refractivity contribution in [3.05, 3.63) is 82.4 Å². The number of aliphatic hydroxyl groups excluding tert-OH is 1. The van der Waals surface area contributed by atoms with Crippen LogP contribution in [0.1, 0.15) is 46.1 Å². The van der Waals surface area contributed by atoms with Gasteiger partial charge in [-0.3, -0.25) is 9.59 Å². The number of phenols is 1. The van der Waals surface area contributed by atoms with Gasteiger partial charge >= 0.3 is 0 Å². The van der Waals surface area contributed by atoms with Crippen molar-refractivity contribution in [3.63, 3.8) is 0 Å². The fourth-order valence-electron chi connectivity index (χ4n) is 3.27. The summed E-state index contributed by atoms with van der Waals surface area (Å²) in [5, 5.41) is 20.2. The summed E-state index contributed by atoms with van der Waals surface area (Å²) in [6.07, 6.45) is 8.55. The Bertz CT molecular complexity index is 973. The van der Waals surface area contributed by atoms with Crippen LogP contribution in [0.5, 0.6) is 5.75 Å². The van der Waals surface area contributed by atoms with Gasteiger partial charge in [0.25, 0.3) is 0 Å². The van der Waals surface area contributed by atoms with E-state index in [9.17, 15) is 19.8 Å². The van der Waals surface area contributed by atoms with Gasteiger partial charge in [0, 0.05) is 6.08 Å². The fourth-order valence-corrected chi connectivity index (χ4v) is 3.27. The van der Waals surface area contributed by atoms with E-state index in [4.69, 9.17) is 4.74 Å². The first kappa shape index (κ1) is 23.9. The molecule has 31 heavy (non-hydrogen) atoms. The molecule has 0 atom stereocenters. The summed E-state index contributed by atoms with van der Waals surface area (Å²) < 4.78 is 5.28. The molecule has 1 aromatic carbocycles. The number of carbonyl (C=O) groups excluding carboxylic acids is 2. The van der Waals surface area contributed by atoms with Crippen molar-refractivity contribution in [1.82, 2.24) is 0 Å². The molecule has 1 aliphatic rings. The zero-order valence-corrected chi connectivity index (χ0v) is 18.7. The average Bonchev–Trinajstić information content (AvgIpc) is 2.72. The number of Topliss-reactive ketones (excluding diaryl/α,β-unsaturated/α-hetero) is 1. The summed E-state index contributed by atoms with van der Waals surface area (Å²) in [7, 11) is 1.36. The van der Waals surface area contributed by atoms with E-state index in [-0.39, 0.29) is 41.5 Å². The Balaban J connectivity index is 2.60. The van der Waals surface area contributed by atoms with Crippen molar-refractivity contribution in [3.8, 4) is 5.75 Å². The maximum absolute atomic E-state index is 13.7. The van der Waals surface area contributed by atoms with Gasteiger partial charge in [-0.15, -0.1) is 0 Å². The van der Waals surface area contributed by atoms with Crippen LogP contribution in [0.2, 0.25) is 0 Å². The highest BCUT2D eigenvalue weighted by molar-refractivity contribution is 6.23. The van der Waals surface area contributed by atoms with Gasteiger partial charge in [-0.2, -0.15) is 0 Å². The highest BCUT2D eigenvalue weighted by atomic mass is 16.5. The molecule has 164 valence electrons. The lowest BCUT2D eigenvalue weighted by Crippen LogP contribution is -2.43. The first-order valence-corrected chi connectivity index (χ1v) is 10.1. The lowest BCUT2D eigenvalue weighted by molar-refractivity contribution is -0.136. The monoisotopic (exact) mass is 422 g/mol. The molecule has 0 radical (unpaired) electrons. The zero-order valence-electron chi connectivity index (χ0n) is 18.7. The van der Waals surface area contributed by atoms with Crippen molar-refractivity contribution >= 4 is 17.6 Å². The number of hydrogen-bond acceptors (Lipinski definition) is 5. The van der Waals surface area contributed by atoms with E-state index in [1.165, 1.54) is 31.4 Å². The smallest absolute Gasteiger partial charge is 0.184 e. The predicted molar refractivity (Wildman–Crippen MR) is 122 cm³/mol. The van der Waals surface area contributed by atoms with E-state index < -0.39 is 11.2 Å². The average molecular weight is 423 g/mol. The third-order valence-electron chi connectivity index (χ3n) is 5.16. The van der Waals surface area contributed by atoms with Crippen LogP contribution < -0.4 is 0 Å². The minimum atomic E-state index is -1.33. The van der Waals surface area contributed by atoms with Crippen LogP contribution in [-0.2, 0) is 14.3 Å². The second-order valence-corrected chi connectivity index (χ2v) is 8.14. The quantitative estimate of drug-likeness (QED) is 0.259. The Morgan fingerprint density at radius 1 is 1.00 bits per heavy atom. The summed E-state index contributed by atoms with van der Waals surface area (Å²) in [5.74, 6) is -0.887. The molecule has 1 aliphatic carbocycles. The Hall–Kier alpha value is -3.34. The van der Waals surface area contributed by atoms with E-state index >= 15 is 0 Å². The molecule has 5 heteroatoms. The van der Waals surface area contributed by atoms with Crippen LogP contribution in [0, 0.1) is 5.41 Å². The zero-order chi connectivity index (χ0) is 23.2. The van der Waals surface area contributed by atoms with Crippen molar-refractivity contribution in [2.24, 2.45) is 5.41 Å². The van der Waals surface area contributed by atoms with Gasteiger partial charge in [0.05, 0.1) is 7.11 Å². The van der Waals surface area contributed by atoms with Gasteiger partial charge in [-0.1, -0.05) is 41.5 Å². The Labute approximate surface area is 183 Å². The number of phenolic OH excluding ortho intramolecular Hbond substituents is 1. The minimum absolute atomic E-state index is 0.0126. The molecule has 5 nitrogen and oxygen atoms in total. The first-order valence-electron chi connectivity index (χ1n) is 10.1. The summed E-state index contributed by atoms with van der Waals surface area (Å²) in [5.41, 5.74) is 1.39. The number of rotatable bonds is 7. The minimum Gasteiger partial charge on any atom is -0.508 e. The molecule has 2 rings (SSSR count). The summed E-state index contributed by atoms with van der Waals surface area (Å²) in [6.45, 7) is 7.66. The van der Waals surface area contributed by atoms with Crippen LogP contribution in [0.4, 0.5) is 0 Å². The number of benzene rings is 1. The van der Waals surface area contributed by atoms with Crippen molar-refractivity contribution in [2.45, 2.75) is 40.5 Å². The molecule has 0 aliphatic heterocycles. The number of methoxy groups -OCH3 is 1. The maximum atomic E-state index is 13.7. The molecule has 0 saturated heterocycles. The molecule has 1 aromatic rings. The van der Waals surface area contributed by atoms with E-state index in [1.807, 2.05) is 39.8 Å². The number of allylic oxidation sites excluding steroid dienone is 7. The summed E-state index contributed by atoms with van der Waals surface area (Å²) in [6, 6.07) is 6.41. The number of ether oxygens (including phenoxy) is 1. The van der Waals surface area contributed by atoms with Crippen LogP contribution in [0.15, 0.2) is 76.8 Å². The van der Waals surface area contributed by atoms with Crippen LogP contribution in [0.3, 0.4) is 0 Å².